The number of ketones is 1. The van der Waals surface area contributed by atoms with Crippen LogP contribution in [0.2, 0.25) is 0 Å². The fourth-order valence-electron chi connectivity index (χ4n) is 1.61. The molecule has 0 saturated carbocycles. The van der Waals surface area contributed by atoms with Gasteiger partial charge in [0, 0.05) is 5.56 Å². The van der Waals surface area contributed by atoms with Crippen molar-refractivity contribution in [2.45, 2.75) is 5.16 Å². The molecule has 1 aromatic carbocycles. The predicted octanol–water partition coefficient (Wildman–Crippen LogP) is 0.615. The molecule has 0 bridgehead atoms. The molecule has 0 unspecified atom stereocenters. The Balaban J connectivity index is 1.74. The molecule has 0 atom stereocenters. The van der Waals surface area contributed by atoms with Gasteiger partial charge >= 0.3 is 0 Å². The number of hydrogen-bond donors (Lipinski definition) is 1. The highest BCUT2D eigenvalue weighted by atomic mass is 32.2. The zero-order valence-corrected chi connectivity index (χ0v) is 10.6. The molecule has 0 aliphatic rings. The topological polar surface area (TPSA) is 91.1 Å². The van der Waals surface area contributed by atoms with Crippen molar-refractivity contribution in [2.75, 3.05) is 11.6 Å². The van der Waals surface area contributed by atoms with E-state index in [9.17, 15) is 4.79 Å². The molecule has 0 fully saturated rings. The van der Waals surface area contributed by atoms with Gasteiger partial charge in [-0.3, -0.25) is 4.79 Å². The van der Waals surface area contributed by atoms with Crippen molar-refractivity contribution < 1.29 is 4.79 Å². The first-order valence-electron chi connectivity index (χ1n) is 5.50. The Kier molecular flexibility index (Phi) is 2.92. The SMILES string of the molecule is Nn1cnn2c(SCC(=O)c3ccccc3)nnc12. The summed E-state index contributed by atoms with van der Waals surface area (Å²) in [4.78, 5) is 12.0. The smallest absolute Gasteiger partial charge is 0.273 e. The number of fused-ring (bicyclic) bond motifs is 1. The van der Waals surface area contributed by atoms with Gasteiger partial charge in [-0.05, 0) is 0 Å². The van der Waals surface area contributed by atoms with Crippen LogP contribution in [0, 0.1) is 0 Å². The van der Waals surface area contributed by atoms with E-state index in [0.29, 0.717) is 16.5 Å². The van der Waals surface area contributed by atoms with Gasteiger partial charge in [0.25, 0.3) is 5.78 Å². The molecule has 0 amide bonds. The normalized spacial score (nSPS) is 10.9. The third kappa shape index (κ3) is 2.17. The predicted molar refractivity (Wildman–Crippen MR) is 70.4 cm³/mol. The van der Waals surface area contributed by atoms with Gasteiger partial charge in [0.2, 0.25) is 5.16 Å². The highest BCUT2D eigenvalue weighted by Crippen LogP contribution is 2.17. The van der Waals surface area contributed by atoms with Crippen LogP contribution in [-0.4, -0.2) is 36.0 Å². The second-order valence-corrected chi connectivity index (χ2v) is 4.75. The summed E-state index contributed by atoms with van der Waals surface area (Å²) >= 11 is 1.28. The van der Waals surface area contributed by atoms with Crippen molar-refractivity contribution >= 4 is 23.3 Å². The largest absolute Gasteiger partial charge is 0.335 e. The number of aromatic nitrogens is 5. The van der Waals surface area contributed by atoms with Crippen molar-refractivity contribution in [1.82, 2.24) is 24.5 Å². The minimum Gasteiger partial charge on any atom is -0.335 e. The first kappa shape index (κ1) is 11.7. The minimum atomic E-state index is 0.0366. The molecular formula is C11H10N6OS. The molecule has 0 spiro atoms. The summed E-state index contributed by atoms with van der Waals surface area (Å²) in [7, 11) is 0. The monoisotopic (exact) mass is 274 g/mol. The van der Waals surface area contributed by atoms with Crippen molar-refractivity contribution in [3.63, 3.8) is 0 Å². The molecule has 0 aliphatic carbocycles. The van der Waals surface area contributed by atoms with Crippen molar-refractivity contribution in [1.29, 1.82) is 0 Å². The van der Waals surface area contributed by atoms with Gasteiger partial charge in [0.1, 0.15) is 6.33 Å². The molecule has 19 heavy (non-hydrogen) atoms. The van der Waals surface area contributed by atoms with Gasteiger partial charge in [-0.25, -0.2) is 4.68 Å². The summed E-state index contributed by atoms with van der Waals surface area (Å²) in [6.45, 7) is 0. The highest BCUT2D eigenvalue weighted by Gasteiger charge is 2.13. The molecule has 0 aliphatic heterocycles. The lowest BCUT2D eigenvalue weighted by molar-refractivity contribution is 0.102. The Hall–Kier alpha value is -2.35. The zero-order valence-electron chi connectivity index (χ0n) is 9.80. The van der Waals surface area contributed by atoms with Crippen LogP contribution in [0.25, 0.3) is 5.78 Å². The van der Waals surface area contributed by atoms with Crippen LogP contribution in [0.3, 0.4) is 0 Å². The second-order valence-electron chi connectivity index (χ2n) is 3.81. The molecule has 3 rings (SSSR count). The Morgan fingerprint density at radius 1 is 1.26 bits per heavy atom. The van der Waals surface area contributed by atoms with E-state index in [1.54, 1.807) is 12.1 Å². The summed E-state index contributed by atoms with van der Waals surface area (Å²) < 4.78 is 2.78. The Morgan fingerprint density at radius 3 is 2.84 bits per heavy atom. The number of thioether (sulfide) groups is 1. The highest BCUT2D eigenvalue weighted by molar-refractivity contribution is 7.99. The quantitative estimate of drug-likeness (QED) is 0.426. The summed E-state index contributed by atoms with van der Waals surface area (Å²) in [5.74, 6) is 6.35. The molecule has 96 valence electrons. The number of nitrogens with zero attached hydrogens (tertiary/aromatic N) is 5. The summed E-state index contributed by atoms with van der Waals surface area (Å²) in [6.07, 6.45) is 1.44. The van der Waals surface area contributed by atoms with Gasteiger partial charge in [-0.2, -0.15) is 9.61 Å². The summed E-state index contributed by atoms with van der Waals surface area (Å²) in [5.41, 5.74) is 0.681. The number of hydrogen-bond acceptors (Lipinski definition) is 6. The zero-order chi connectivity index (χ0) is 13.2. The molecule has 2 heterocycles. The third-order valence-corrected chi connectivity index (χ3v) is 3.47. The number of Topliss-reactive ketones (excluding diaryl/α,β-unsaturated/α-hetero) is 1. The standard InChI is InChI=1S/C11H10N6OS/c12-16-7-13-17-10(16)14-15-11(17)19-6-9(18)8-4-2-1-3-5-8/h1-5,7H,6,12H2. The van der Waals surface area contributed by atoms with Crippen LogP contribution in [0.5, 0.6) is 0 Å². The molecular weight excluding hydrogens is 264 g/mol. The molecule has 7 nitrogen and oxygen atoms in total. The molecule has 2 aromatic heterocycles. The molecule has 3 aromatic rings. The Labute approximate surface area is 112 Å². The van der Waals surface area contributed by atoms with Crippen LogP contribution >= 0.6 is 11.8 Å². The van der Waals surface area contributed by atoms with E-state index >= 15 is 0 Å². The average Bonchev–Trinajstić information content (AvgIpc) is 3.01. The lowest BCUT2D eigenvalue weighted by Gasteiger charge is -1.98. The van der Waals surface area contributed by atoms with Crippen molar-refractivity contribution in [3.8, 4) is 0 Å². The second kappa shape index (κ2) is 4.73. The first-order valence-corrected chi connectivity index (χ1v) is 6.49. The van der Waals surface area contributed by atoms with Crippen LogP contribution in [-0.2, 0) is 0 Å². The van der Waals surface area contributed by atoms with E-state index in [-0.39, 0.29) is 11.5 Å². The van der Waals surface area contributed by atoms with E-state index in [4.69, 9.17) is 5.84 Å². The molecule has 0 saturated heterocycles. The summed E-state index contributed by atoms with van der Waals surface area (Å²) in [6, 6.07) is 9.13. The maximum Gasteiger partial charge on any atom is 0.273 e. The summed E-state index contributed by atoms with van der Waals surface area (Å²) in [5, 5.41) is 12.4. The van der Waals surface area contributed by atoms with Gasteiger partial charge in [0.15, 0.2) is 5.78 Å². The van der Waals surface area contributed by atoms with E-state index in [0.717, 1.165) is 0 Å². The lowest BCUT2D eigenvalue weighted by Crippen LogP contribution is -2.06. The molecule has 8 heteroatoms. The van der Waals surface area contributed by atoms with Gasteiger partial charge < -0.3 is 5.84 Å². The minimum absolute atomic E-state index is 0.0366. The van der Waals surface area contributed by atoms with Gasteiger partial charge in [-0.15, -0.1) is 10.2 Å². The Morgan fingerprint density at radius 2 is 2.05 bits per heavy atom. The fourth-order valence-corrected chi connectivity index (χ4v) is 2.38. The average molecular weight is 274 g/mol. The number of benzene rings is 1. The number of nitrogen functional groups attached to an aromatic ring is 1. The number of rotatable bonds is 4. The molecule has 2 N–H and O–H groups in total. The van der Waals surface area contributed by atoms with E-state index in [1.165, 1.54) is 27.3 Å². The molecule has 0 radical (unpaired) electrons. The van der Waals surface area contributed by atoms with Crippen LogP contribution in [0.1, 0.15) is 10.4 Å². The van der Waals surface area contributed by atoms with Crippen LogP contribution in [0.4, 0.5) is 0 Å². The van der Waals surface area contributed by atoms with Gasteiger partial charge in [-0.1, -0.05) is 42.1 Å². The van der Waals surface area contributed by atoms with E-state index in [2.05, 4.69) is 15.3 Å². The first-order chi connectivity index (χ1) is 9.25. The number of nitrogens with two attached hydrogens (primary N) is 1. The van der Waals surface area contributed by atoms with E-state index in [1.807, 2.05) is 18.2 Å². The maximum absolute atomic E-state index is 12.0. The number of carbonyl (C=O) groups excluding carboxylic acids is 1. The maximum atomic E-state index is 12.0. The van der Waals surface area contributed by atoms with Crippen LogP contribution in [0.15, 0.2) is 41.8 Å². The number of carbonyl (C=O) groups is 1. The Bertz CT molecular complexity index is 719. The third-order valence-electron chi connectivity index (χ3n) is 2.55. The van der Waals surface area contributed by atoms with Gasteiger partial charge in [0.05, 0.1) is 5.75 Å². The fraction of sp³-hybridized carbons (Fsp3) is 0.0909. The van der Waals surface area contributed by atoms with Crippen LogP contribution < -0.4 is 5.84 Å². The van der Waals surface area contributed by atoms with Crippen molar-refractivity contribution in [2.24, 2.45) is 0 Å². The van der Waals surface area contributed by atoms with Crippen molar-refractivity contribution in [3.05, 3.63) is 42.2 Å². The van der Waals surface area contributed by atoms with E-state index < -0.39 is 0 Å². The lowest BCUT2D eigenvalue weighted by atomic mass is 10.2.